The van der Waals surface area contributed by atoms with Crippen LogP contribution >= 0.6 is 23.2 Å². The fourth-order valence-corrected chi connectivity index (χ4v) is 2.39. The lowest BCUT2D eigenvalue weighted by Gasteiger charge is -2.08. The number of nitrogens with zero attached hydrogens (tertiary/aromatic N) is 1. The van der Waals surface area contributed by atoms with Crippen LogP contribution in [-0.4, -0.2) is 17.4 Å². The number of hydrogen-bond donors (Lipinski definition) is 2. The maximum atomic E-state index is 11.8. The average Bonchev–Trinajstić information content (AvgIpc) is 2.47. The summed E-state index contributed by atoms with van der Waals surface area (Å²) in [7, 11) is 0. The van der Waals surface area contributed by atoms with Gasteiger partial charge < -0.3 is 10.6 Å². The molecule has 2 rings (SSSR count). The van der Waals surface area contributed by atoms with Crippen molar-refractivity contribution in [2.24, 2.45) is 0 Å². The Kier molecular flexibility index (Phi) is 6.04. The summed E-state index contributed by atoms with van der Waals surface area (Å²) >= 11 is 11.9. The summed E-state index contributed by atoms with van der Waals surface area (Å²) < 4.78 is 0. The Labute approximate surface area is 139 Å². The summed E-state index contributed by atoms with van der Waals surface area (Å²) in [5.41, 5.74) is 1.91. The van der Waals surface area contributed by atoms with Crippen molar-refractivity contribution in [3.8, 4) is 0 Å². The van der Waals surface area contributed by atoms with Gasteiger partial charge in [-0.05, 0) is 36.8 Å². The molecule has 1 heterocycles. The second-order valence-electron chi connectivity index (χ2n) is 4.82. The first-order valence-corrected chi connectivity index (χ1v) is 7.81. The molecule has 1 amide bonds. The summed E-state index contributed by atoms with van der Waals surface area (Å²) in [6.45, 7) is 2.74. The van der Waals surface area contributed by atoms with E-state index >= 15 is 0 Å². The lowest BCUT2D eigenvalue weighted by Crippen LogP contribution is -2.25. The number of rotatable bonds is 6. The van der Waals surface area contributed by atoms with Gasteiger partial charge in [0.05, 0.1) is 11.9 Å². The zero-order valence-corrected chi connectivity index (χ0v) is 13.7. The topological polar surface area (TPSA) is 54.0 Å². The van der Waals surface area contributed by atoms with E-state index < -0.39 is 0 Å². The van der Waals surface area contributed by atoms with E-state index in [9.17, 15) is 4.79 Å². The maximum absolute atomic E-state index is 11.8. The molecule has 0 aliphatic carbocycles. The molecule has 1 aromatic carbocycles. The highest BCUT2D eigenvalue weighted by atomic mass is 35.5. The minimum atomic E-state index is -0.161. The zero-order valence-electron chi connectivity index (χ0n) is 12.2. The molecule has 22 heavy (non-hydrogen) atoms. The van der Waals surface area contributed by atoms with Gasteiger partial charge in [0.2, 0.25) is 0 Å². The molecule has 0 saturated carbocycles. The van der Waals surface area contributed by atoms with Gasteiger partial charge in [0.15, 0.2) is 0 Å². The van der Waals surface area contributed by atoms with Crippen molar-refractivity contribution in [1.82, 2.24) is 10.3 Å². The van der Waals surface area contributed by atoms with E-state index in [0.717, 1.165) is 24.2 Å². The number of benzene rings is 1. The van der Waals surface area contributed by atoms with Gasteiger partial charge in [-0.1, -0.05) is 36.5 Å². The van der Waals surface area contributed by atoms with Crippen LogP contribution in [0.2, 0.25) is 10.0 Å². The summed E-state index contributed by atoms with van der Waals surface area (Å²) in [4.78, 5) is 16.0. The van der Waals surface area contributed by atoms with Crippen LogP contribution in [0.3, 0.4) is 0 Å². The molecule has 0 unspecified atom stereocenters. The van der Waals surface area contributed by atoms with Crippen LogP contribution in [0.1, 0.15) is 30.3 Å². The number of pyridine rings is 1. The Bertz CT molecular complexity index is 624. The van der Waals surface area contributed by atoms with Gasteiger partial charge in [-0.2, -0.15) is 0 Å². The first-order chi connectivity index (χ1) is 10.6. The van der Waals surface area contributed by atoms with E-state index in [1.807, 2.05) is 0 Å². The number of nitrogens with one attached hydrogen (secondary N) is 2. The quantitative estimate of drug-likeness (QED) is 0.753. The third kappa shape index (κ3) is 4.90. The highest BCUT2D eigenvalue weighted by Crippen LogP contribution is 2.25. The molecule has 0 aliphatic heterocycles. The van der Waals surface area contributed by atoms with Crippen LogP contribution in [-0.2, 0) is 0 Å². The van der Waals surface area contributed by atoms with Crippen molar-refractivity contribution in [1.29, 1.82) is 0 Å². The first-order valence-electron chi connectivity index (χ1n) is 7.06. The van der Waals surface area contributed by atoms with Crippen LogP contribution < -0.4 is 10.6 Å². The van der Waals surface area contributed by atoms with Crippen LogP contribution in [0.15, 0.2) is 36.5 Å². The minimum absolute atomic E-state index is 0.161. The highest BCUT2D eigenvalue weighted by Gasteiger charge is 2.06. The second kappa shape index (κ2) is 8.01. The van der Waals surface area contributed by atoms with Gasteiger partial charge in [0.1, 0.15) is 5.69 Å². The molecule has 6 heteroatoms. The SMILES string of the molecule is CCCCNC(=O)c1ccc(Nc2cc(Cl)cc(Cl)c2)cn1. The number of hydrogen-bond acceptors (Lipinski definition) is 3. The Hall–Kier alpha value is -1.78. The Morgan fingerprint density at radius 2 is 1.86 bits per heavy atom. The van der Waals surface area contributed by atoms with Crippen molar-refractivity contribution >= 4 is 40.5 Å². The highest BCUT2D eigenvalue weighted by molar-refractivity contribution is 6.35. The molecule has 0 saturated heterocycles. The third-order valence-corrected chi connectivity index (χ3v) is 3.40. The number of amides is 1. The number of aromatic nitrogens is 1. The molecular weight excluding hydrogens is 321 g/mol. The number of halogens is 2. The predicted molar refractivity (Wildman–Crippen MR) is 91.2 cm³/mol. The van der Waals surface area contributed by atoms with Crippen LogP contribution in [0.4, 0.5) is 11.4 Å². The molecule has 2 N–H and O–H groups in total. The van der Waals surface area contributed by atoms with E-state index in [-0.39, 0.29) is 5.91 Å². The molecular formula is C16H17Cl2N3O. The number of anilines is 2. The molecule has 4 nitrogen and oxygen atoms in total. The summed E-state index contributed by atoms with van der Waals surface area (Å²) in [5.74, 6) is -0.161. The lowest BCUT2D eigenvalue weighted by atomic mass is 10.2. The summed E-state index contributed by atoms with van der Waals surface area (Å²) in [6.07, 6.45) is 3.60. The number of carbonyl (C=O) groups excluding carboxylic acids is 1. The largest absolute Gasteiger partial charge is 0.354 e. The van der Waals surface area contributed by atoms with Crippen molar-refractivity contribution in [3.05, 3.63) is 52.3 Å². The van der Waals surface area contributed by atoms with E-state index in [1.54, 1.807) is 36.5 Å². The van der Waals surface area contributed by atoms with E-state index in [4.69, 9.17) is 23.2 Å². The number of unbranched alkanes of at least 4 members (excludes halogenated alkanes) is 1. The maximum Gasteiger partial charge on any atom is 0.269 e. The molecule has 0 atom stereocenters. The zero-order chi connectivity index (χ0) is 15.9. The minimum Gasteiger partial charge on any atom is -0.354 e. The third-order valence-electron chi connectivity index (χ3n) is 2.96. The fourth-order valence-electron chi connectivity index (χ4n) is 1.86. The van der Waals surface area contributed by atoms with Crippen LogP contribution in [0.25, 0.3) is 0 Å². The van der Waals surface area contributed by atoms with Gasteiger partial charge in [-0.15, -0.1) is 0 Å². The van der Waals surface area contributed by atoms with Gasteiger partial charge in [0, 0.05) is 22.3 Å². The lowest BCUT2D eigenvalue weighted by molar-refractivity contribution is 0.0948. The standard InChI is InChI=1S/C16H17Cl2N3O/c1-2-3-6-19-16(22)15-5-4-13(10-20-15)21-14-8-11(17)7-12(18)9-14/h4-5,7-10,21H,2-3,6H2,1H3,(H,19,22). The summed E-state index contributed by atoms with van der Waals surface area (Å²) in [5, 5.41) is 7.07. The second-order valence-corrected chi connectivity index (χ2v) is 5.70. The number of carbonyl (C=O) groups is 1. The van der Waals surface area contributed by atoms with Crippen molar-refractivity contribution in [2.45, 2.75) is 19.8 Å². The normalized spacial score (nSPS) is 10.3. The predicted octanol–water partition coefficient (Wildman–Crippen LogP) is 4.66. The molecule has 1 aromatic heterocycles. The fraction of sp³-hybridized carbons (Fsp3) is 0.250. The average molecular weight is 338 g/mol. The Balaban J connectivity index is 2.01. The van der Waals surface area contributed by atoms with Crippen molar-refractivity contribution < 1.29 is 4.79 Å². The molecule has 0 radical (unpaired) electrons. The smallest absolute Gasteiger partial charge is 0.269 e. The van der Waals surface area contributed by atoms with Crippen molar-refractivity contribution in [3.63, 3.8) is 0 Å². The van der Waals surface area contributed by atoms with E-state index in [1.165, 1.54) is 0 Å². The van der Waals surface area contributed by atoms with Crippen LogP contribution in [0.5, 0.6) is 0 Å². The molecule has 116 valence electrons. The monoisotopic (exact) mass is 337 g/mol. The van der Waals surface area contributed by atoms with E-state index in [0.29, 0.717) is 22.3 Å². The van der Waals surface area contributed by atoms with Gasteiger partial charge >= 0.3 is 0 Å². The van der Waals surface area contributed by atoms with Crippen molar-refractivity contribution in [2.75, 3.05) is 11.9 Å². The molecule has 0 fully saturated rings. The molecule has 0 spiro atoms. The van der Waals surface area contributed by atoms with Gasteiger partial charge in [-0.3, -0.25) is 4.79 Å². The summed E-state index contributed by atoms with van der Waals surface area (Å²) in [6, 6.07) is 8.65. The van der Waals surface area contributed by atoms with Gasteiger partial charge in [0.25, 0.3) is 5.91 Å². The van der Waals surface area contributed by atoms with Gasteiger partial charge in [-0.25, -0.2) is 4.98 Å². The Morgan fingerprint density at radius 3 is 2.45 bits per heavy atom. The Morgan fingerprint density at radius 1 is 1.14 bits per heavy atom. The first kappa shape index (κ1) is 16.6. The molecule has 0 aliphatic rings. The van der Waals surface area contributed by atoms with Crippen LogP contribution in [0, 0.1) is 0 Å². The van der Waals surface area contributed by atoms with E-state index in [2.05, 4.69) is 22.5 Å². The molecule has 2 aromatic rings. The molecule has 0 bridgehead atoms.